The zero-order valence-corrected chi connectivity index (χ0v) is 30.4. The molecule has 290 valence electrons. The summed E-state index contributed by atoms with van der Waals surface area (Å²) in [6.07, 6.45) is 0. The number of hydrogen-bond acceptors (Lipinski definition) is 6. The van der Waals surface area contributed by atoms with Gasteiger partial charge in [-0.3, -0.25) is 0 Å². The molecule has 7 aromatic rings. The second-order valence-corrected chi connectivity index (χ2v) is 11.6. The molecule has 3 aromatic heterocycles. The van der Waals surface area contributed by atoms with Crippen molar-refractivity contribution < 1.29 is 89.7 Å². The zero-order valence-electron chi connectivity index (χ0n) is 27.4. The van der Waals surface area contributed by atoms with E-state index in [2.05, 4.69) is 29.9 Å². The van der Waals surface area contributed by atoms with Gasteiger partial charge in [0.2, 0.25) is 0 Å². The van der Waals surface area contributed by atoms with E-state index in [1.165, 1.54) is 0 Å². The molecule has 9 rings (SSSR count). The summed E-state index contributed by atoms with van der Waals surface area (Å²) in [5.41, 5.74) is -11.1. The van der Waals surface area contributed by atoms with Crippen molar-refractivity contribution in [3.63, 3.8) is 0 Å². The SMILES string of the molecule is Fc1c(F)c(F)c2c(c1F)-c1nc-2nc2[nH]c(nc3nc(nc4[nH]c(n1)c1c(F)c(F)c(F)c(F)c41)-c1c(F)c(F)c(F)c(F)c1-3)c1c(F)c(F)c(F)c(F)c21.[CH3-].[Zn+2]. The summed E-state index contributed by atoms with van der Waals surface area (Å²) >= 11 is 0. The average molecular weight is 883 g/mol. The summed E-state index contributed by atoms with van der Waals surface area (Å²) in [7, 11) is 0. The first-order valence-corrected chi connectivity index (χ1v) is 14.7. The van der Waals surface area contributed by atoms with E-state index in [0.717, 1.165) is 0 Å². The fourth-order valence-corrected chi connectivity index (χ4v) is 6.24. The van der Waals surface area contributed by atoms with Gasteiger partial charge in [0, 0.05) is 0 Å². The molecule has 0 amide bonds. The fourth-order valence-electron chi connectivity index (χ4n) is 6.24. The normalized spacial score (nSPS) is 11.9. The third-order valence-corrected chi connectivity index (χ3v) is 8.68. The van der Waals surface area contributed by atoms with Crippen LogP contribution < -0.4 is 0 Å². The van der Waals surface area contributed by atoms with Gasteiger partial charge in [0.25, 0.3) is 0 Å². The van der Waals surface area contributed by atoms with Gasteiger partial charge >= 0.3 is 19.5 Å². The molecule has 0 aliphatic carbocycles. The van der Waals surface area contributed by atoms with Crippen molar-refractivity contribution in [2.45, 2.75) is 0 Å². The minimum absolute atomic E-state index is 0. The molecule has 0 unspecified atom stereocenters. The second kappa shape index (κ2) is 13.1. The van der Waals surface area contributed by atoms with Crippen molar-refractivity contribution in [3.8, 4) is 45.6 Å². The van der Waals surface area contributed by atoms with Gasteiger partial charge in [0.15, 0.2) is 116 Å². The second-order valence-electron chi connectivity index (χ2n) is 11.6. The minimum Gasteiger partial charge on any atom is -0.358 e. The van der Waals surface area contributed by atoms with Crippen molar-refractivity contribution in [1.29, 1.82) is 0 Å². The van der Waals surface area contributed by atoms with Crippen LogP contribution >= 0.6 is 0 Å². The van der Waals surface area contributed by atoms with Gasteiger partial charge in [-0.15, -0.1) is 0 Å². The van der Waals surface area contributed by atoms with Crippen molar-refractivity contribution in [1.82, 2.24) is 39.9 Å². The predicted octanol–water partition coefficient (Wildman–Crippen LogP) is 9.54. The Kier molecular flexibility index (Phi) is 9.05. The summed E-state index contributed by atoms with van der Waals surface area (Å²) in [5, 5.41) is -5.83. The summed E-state index contributed by atoms with van der Waals surface area (Å²) in [4.78, 5) is 25.5. The van der Waals surface area contributed by atoms with E-state index in [9.17, 15) is 35.1 Å². The number of fused-ring (bicyclic) bond motifs is 20. The Hall–Kier alpha value is -6.26. The number of nitrogens with zero attached hydrogens (tertiary/aromatic N) is 6. The summed E-state index contributed by atoms with van der Waals surface area (Å²) in [5.74, 6) is -44.2. The molecule has 58 heavy (non-hydrogen) atoms. The molecule has 2 N–H and O–H groups in total. The van der Waals surface area contributed by atoms with Crippen LogP contribution in [0.2, 0.25) is 0 Å². The number of hydrogen-bond donors (Lipinski definition) is 2. The van der Waals surface area contributed by atoms with Gasteiger partial charge in [0.1, 0.15) is 22.6 Å². The molecule has 0 spiro atoms. The van der Waals surface area contributed by atoms with Gasteiger partial charge in [-0.2, -0.15) is 0 Å². The Bertz CT molecular complexity index is 2820. The number of aromatic nitrogens is 8. The molecule has 0 atom stereocenters. The first-order valence-electron chi connectivity index (χ1n) is 14.7. The molecule has 8 bridgehead atoms. The summed E-state index contributed by atoms with van der Waals surface area (Å²) in [6, 6.07) is 0. The van der Waals surface area contributed by atoms with Crippen LogP contribution in [0.1, 0.15) is 0 Å². The van der Waals surface area contributed by atoms with Crippen molar-refractivity contribution >= 4 is 44.1 Å². The van der Waals surface area contributed by atoms with Gasteiger partial charge in [0.05, 0.1) is 43.8 Å². The van der Waals surface area contributed by atoms with E-state index < -0.39 is 183 Å². The van der Waals surface area contributed by atoms with Gasteiger partial charge < -0.3 is 17.4 Å². The number of nitrogens with one attached hydrogen (secondary N) is 2. The maximum absolute atomic E-state index is 15.4. The molecular formula is C33H5F16N8Zn+. The van der Waals surface area contributed by atoms with Crippen molar-refractivity contribution in [3.05, 3.63) is 101 Å². The fraction of sp³-hybridized carbons (Fsp3) is 0. The van der Waals surface area contributed by atoms with Gasteiger partial charge in [-0.1, -0.05) is 0 Å². The molecule has 5 heterocycles. The van der Waals surface area contributed by atoms with Crippen LogP contribution in [0, 0.1) is 101 Å². The maximum Gasteiger partial charge on any atom is 2.00 e. The third-order valence-electron chi connectivity index (χ3n) is 8.68. The van der Waals surface area contributed by atoms with Crippen molar-refractivity contribution in [2.75, 3.05) is 0 Å². The molecule has 0 saturated carbocycles. The Balaban J connectivity index is 0.00000256. The summed E-state index contributed by atoms with van der Waals surface area (Å²) < 4.78 is 240. The first kappa shape index (κ1) is 40.0. The Labute approximate surface area is 319 Å². The zero-order chi connectivity index (χ0) is 40.1. The third kappa shape index (κ3) is 5.00. The minimum atomic E-state index is -2.53. The molecule has 0 radical (unpaired) electrons. The van der Waals surface area contributed by atoms with Crippen molar-refractivity contribution in [2.24, 2.45) is 0 Å². The number of aromatic amines is 2. The molecule has 8 nitrogen and oxygen atoms in total. The number of halogens is 16. The maximum atomic E-state index is 15.4. The molecule has 2 aliphatic rings. The van der Waals surface area contributed by atoms with E-state index in [1.807, 2.05) is 9.97 Å². The van der Waals surface area contributed by atoms with E-state index in [0.29, 0.717) is 0 Å². The molecule has 25 heteroatoms. The standard InChI is InChI=1S/C32H2F16N8.CH3.Zn/c33-9-1-2(10(34)18(42)17(9)41)26-49-25(1)53-27-3-4(12(36)20(44)19(43)11(3)35)29(50-27)55-31-7-8(16(40)24(48)23(47)15(7)39)32(52-31)56-30-6-5(28(51-30)54-26)13(37)21(45)22(46)14(6)38;;/h(H2,49,50,51,52,53,54,55,56);1H3;/q;-1;+2. The van der Waals surface area contributed by atoms with Gasteiger partial charge in [-0.05, 0) is 0 Å². The summed E-state index contributed by atoms with van der Waals surface area (Å²) in [6.45, 7) is 0. The smallest absolute Gasteiger partial charge is 0.358 e. The van der Waals surface area contributed by atoms with Crippen LogP contribution in [0.15, 0.2) is 0 Å². The first-order chi connectivity index (χ1) is 26.4. The monoisotopic (exact) mass is 881 g/mol. The quantitative estimate of drug-likeness (QED) is 0.0517. The topological polar surface area (TPSA) is 109 Å². The van der Waals surface area contributed by atoms with E-state index in [1.54, 1.807) is 0 Å². The molecule has 4 aromatic carbocycles. The Morgan fingerprint density at radius 2 is 0.414 bits per heavy atom. The van der Waals surface area contributed by atoms with E-state index >= 15 is 35.1 Å². The van der Waals surface area contributed by atoms with Crippen LogP contribution in [0.3, 0.4) is 0 Å². The molecule has 0 saturated heterocycles. The predicted molar refractivity (Wildman–Crippen MR) is 162 cm³/mol. The number of benzene rings is 4. The Morgan fingerprint density at radius 1 is 0.241 bits per heavy atom. The average Bonchev–Trinajstić information content (AvgIpc) is 3.92. The van der Waals surface area contributed by atoms with Crippen LogP contribution in [0.25, 0.3) is 89.7 Å². The Morgan fingerprint density at radius 3 is 0.603 bits per heavy atom. The van der Waals surface area contributed by atoms with E-state index in [4.69, 9.17) is 0 Å². The van der Waals surface area contributed by atoms with Gasteiger partial charge in [-0.25, -0.2) is 100 Å². The van der Waals surface area contributed by atoms with Crippen LogP contribution in [0.5, 0.6) is 0 Å². The van der Waals surface area contributed by atoms with Crippen LogP contribution in [-0.4, -0.2) is 39.9 Å². The molecule has 0 fully saturated rings. The van der Waals surface area contributed by atoms with Crippen LogP contribution in [-0.2, 0) is 19.5 Å². The molecular weight excluding hydrogens is 878 g/mol. The van der Waals surface area contributed by atoms with E-state index in [-0.39, 0.29) is 26.9 Å². The number of rotatable bonds is 0. The largest absolute Gasteiger partial charge is 2.00 e. The van der Waals surface area contributed by atoms with Crippen LogP contribution in [0.4, 0.5) is 70.2 Å². The molecule has 2 aliphatic heterocycles. The number of H-pyrrole nitrogens is 2.